The Balaban J connectivity index is 1.57. The molecule has 29 heavy (non-hydrogen) atoms. The number of nitrogens with one attached hydrogen (secondary N) is 1. The molecule has 1 aliphatic heterocycles. The van der Waals surface area contributed by atoms with Crippen molar-refractivity contribution in [2.75, 3.05) is 18.5 Å². The fourth-order valence-electron chi connectivity index (χ4n) is 3.76. The average molecular weight is 394 g/mol. The molecule has 0 saturated heterocycles. The van der Waals surface area contributed by atoms with Gasteiger partial charge in [0, 0.05) is 24.2 Å². The molecule has 0 aliphatic carbocycles. The molecule has 0 saturated carbocycles. The molecule has 3 N–H and O–H groups in total. The van der Waals surface area contributed by atoms with Crippen molar-refractivity contribution in [2.24, 2.45) is 0 Å². The lowest BCUT2D eigenvalue weighted by atomic mass is 9.90. The third-order valence-corrected chi connectivity index (χ3v) is 5.36. The largest absolute Gasteiger partial charge is 0.493 e. The number of anilines is 1. The number of aryl methyl sites for hydroxylation is 1. The highest BCUT2D eigenvalue weighted by atomic mass is 19.1. The van der Waals surface area contributed by atoms with Crippen molar-refractivity contribution in [3.63, 3.8) is 0 Å². The zero-order chi connectivity index (χ0) is 20.4. The molecule has 2 heterocycles. The van der Waals surface area contributed by atoms with E-state index in [1.807, 2.05) is 25.1 Å². The van der Waals surface area contributed by atoms with Gasteiger partial charge in [-0.2, -0.15) is 0 Å². The predicted octanol–water partition coefficient (Wildman–Crippen LogP) is 4.16. The van der Waals surface area contributed by atoms with Gasteiger partial charge in [0.25, 0.3) is 0 Å². The normalized spacial score (nSPS) is 15.7. The van der Waals surface area contributed by atoms with Crippen LogP contribution in [0.3, 0.4) is 0 Å². The van der Waals surface area contributed by atoms with Crippen molar-refractivity contribution in [2.45, 2.75) is 25.6 Å². The van der Waals surface area contributed by atoms with E-state index in [-0.39, 0.29) is 11.7 Å². The number of rotatable bonds is 5. The molecule has 2 aromatic carbocycles. The van der Waals surface area contributed by atoms with E-state index >= 15 is 0 Å². The van der Waals surface area contributed by atoms with Crippen molar-refractivity contribution in [1.82, 2.24) is 4.98 Å². The summed E-state index contributed by atoms with van der Waals surface area (Å²) in [6, 6.07) is 12.4. The lowest BCUT2D eigenvalue weighted by Gasteiger charge is -2.27. The number of benzene rings is 2. The van der Waals surface area contributed by atoms with Gasteiger partial charge < -0.3 is 20.3 Å². The first kappa shape index (κ1) is 19.4. The molecule has 0 bridgehead atoms. The summed E-state index contributed by atoms with van der Waals surface area (Å²) in [4.78, 5) is 4.06. The number of ether oxygens (including phenoxy) is 1. The molecule has 0 spiro atoms. The molecule has 0 amide bonds. The first-order valence-electron chi connectivity index (χ1n) is 9.60. The molecule has 4 rings (SSSR count). The highest BCUT2D eigenvalue weighted by Crippen LogP contribution is 2.38. The monoisotopic (exact) mass is 394 g/mol. The molecule has 5 nitrogen and oxygen atoms in total. The Morgan fingerprint density at radius 2 is 2.07 bits per heavy atom. The maximum Gasteiger partial charge on any atom is 0.180 e. The second-order valence-electron chi connectivity index (χ2n) is 7.26. The minimum absolute atomic E-state index is 0.199. The maximum atomic E-state index is 13.7. The van der Waals surface area contributed by atoms with E-state index in [9.17, 15) is 14.6 Å². The van der Waals surface area contributed by atoms with Crippen molar-refractivity contribution in [1.29, 1.82) is 0 Å². The molecular formula is C23H23FN2O3. The number of aliphatic hydroxyl groups excluding tert-OH is 1. The summed E-state index contributed by atoms with van der Waals surface area (Å²) >= 11 is 0. The Bertz CT molecular complexity index is 1020. The Morgan fingerprint density at radius 3 is 2.90 bits per heavy atom. The molecule has 1 aliphatic rings. The van der Waals surface area contributed by atoms with E-state index in [1.165, 1.54) is 12.3 Å². The van der Waals surface area contributed by atoms with Crippen LogP contribution in [-0.4, -0.2) is 28.3 Å². The van der Waals surface area contributed by atoms with E-state index < -0.39 is 6.29 Å². The van der Waals surface area contributed by atoms with Crippen LogP contribution in [0.1, 0.15) is 35.3 Å². The molecule has 0 radical (unpaired) electrons. The second kappa shape index (κ2) is 8.19. The summed E-state index contributed by atoms with van der Waals surface area (Å²) in [7, 11) is 0. The van der Waals surface area contributed by atoms with Gasteiger partial charge in [-0.25, -0.2) is 4.39 Å². The standard InChI is InChI=1S/C23H23FN2O3/c1-14-2-4-17(24)11-20(14)15-3-5-18-16(7-9-29-22(18)10-15)12-26-21-13-25-8-6-19(21)23(27)28/h2-6,8,10-11,13,16,23,26-28H,7,9,12H2,1H3/t16-/m0/s1. The third-order valence-electron chi connectivity index (χ3n) is 5.36. The van der Waals surface area contributed by atoms with Gasteiger partial charge in [0.2, 0.25) is 0 Å². The number of hydrogen-bond donors (Lipinski definition) is 3. The van der Waals surface area contributed by atoms with Gasteiger partial charge in [0.1, 0.15) is 11.6 Å². The number of aromatic nitrogens is 1. The van der Waals surface area contributed by atoms with Crippen molar-refractivity contribution < 1.29 is 19.3 Å². The molecule has 1 atom stereocenters. The summed E-state index contributed by atoms with van der Waals surface area (Å²) in [5.41, 5.74) is 4.86. The minimum Gasteiger partial charge on any atom is -0.493 e. The predicted molar refractivity (Wildman–Crippen MR) is 109 cm³/mol. The van der Waals surface area contributed by atoms with Gasteiger partial charge in [0.05, 0.1) is 18.5 Å². The fraction of sp³-hybridized carbons (Fsp3) is 0.261. The van der Waals surface area contributed by atoms with Gasteiger partial charge in [-0.3, -0.25) is 4.98 Å². The van der Waals surface area contributed by atoms with Crippen LogP contribution in [0.2, 0.25) is 0 Å². The molecule has 6 heteroatoms. The number of halogens is 1. The van der Waals surface area contributed by atoms with Gasteiger partial charge in [-0.15, -0.1) is 0 Å². The molecule has 1 aromatic heterocycles. The number of aliphatic hydroxyl groups is 2. The molecule has 0 fully saturated rings. The Kier molecular flexibility index (Phi) is 5.47. The highest BCUT2D eigenvalue weighted by molar-refractivity contribution is 5.69. The molecule has 3 aromatic rings. The summed E-state index contributed by atoms with van der Waals surface area (Å²) in [5.74, 6) is 0.743. The van der Waals surface area contributed by atoms with Crippen LogP contribution >= 0.6 is 0 Å². The van der Waals surface area contributed by atoms with Gasteiger partial charge in [0.15, 0.2) is 6.29 Å². The lowest BCUT2D eigenvalue weighted by molar-refractivity contribution is -0.0419. The highest BCUT2D eigenvalue weighted by Gasteiger charge is 2.23. The Morgan fingerprint density at radius 1 is 1.21 bits per heavy atom. The van der Waals surface area contributed by atoms with Gasteiger partial charge >= 0.3 is 0 Å². The van der Waals surface area contributed by atoms with Crippen LogP contribution in [0, 0.1) is 12.7 Å². The second-order valence-corrected chi connectivity index (χ2v) is 7.26. The van der Waals surface area contributed by atoms with Crippen LogP contribution < -0.4 is 10.1 Å². The smallest absolute Gasteiger partial charge is 0.180 e. The average Bonchev–Trinajstić information content (AvgIpc) is 2.73. The number of fused-ring (bicyclic) bond motifs is 1. The van der Waals surface area contributed by atoms with Crippen LogP contribution in [0.5, 0.6) is 5.75 Å². The molecule has 150 valence electrons. The zero-order valence-electron chi connectivity index (χ0n) is 16.1. The molecule has 0 unspecified atom stereocenters. The van der Waals surface area contributed by atoms with Crippen molar-refractivity contribution in [3.8, 4) is 16.9 Å². The zero-order valence-corrected chi connectivity index (χ0v) is 16.1. The Hall–Kier alpha value is -2.96. The van der Waals surface area contributed by atoms with Gasteiger partial charge in [-0.1, -0.05) is 18.2 Å². The van der Waals surface area contributed by atoms with E-state index in [4.69, 9.17) is 4.74 Å². The van der Waals surface area contributed by atoms with Crippen LogP contribution in [-0.2, 0) is 0 Å². The Labute approximate surface area is 168 Å². The van der Waals surface area contributed by atoms with Crippen LogP contribution in [0.4, 0.5) is 10.1 Å². The first-order valence-corrected chi connectivity index (χ1v) is 9.60. The first-order chi connectivity index (χ1) is 14.0. The maximum absolute atomic E-state index is 13.7. The number of hydrogen-bond acceptors (Lipinski definition) is 5. The van der Waals surface area contributed by atoms with Crippen molar-refractivity contribution in [3.05, 3.63) is 77.4 Å². The van der Waals surface area contributed by atoms with E-state index in [0.717, 1.165) is 34.4 Å². The fourth-order valence-corrected chi connectivity index (χ4v) is 3.76. The van der Waals surface area contributed by atoms with E-state index in [1.54, 1.807) is 24.4 Å². The lowest BCUT2D eigenvalue weighted by Crippen LogP contribution is -2.21. The summed E-state index contributed by atoms with van der Waals surface area (Å²) in [6.07, 6.45) is 2.40. The molecular weight excluding hydrogens is 371 g/mol. The third kappa shape index (κ3) is 4.09. The van der Waals surface area contributed by atoms with Crippen molar-refractivity contribution >= 4 is 5.69 Å². The number of nitrogens with zero attached hydrogens (tertiary/aromatic N) is 1. The van der Waals surface area contributed by atoms with Crippen LogP contribution in [0.15, 0.2) is 54.9 Å². The number of pyridine rings is 1. The van der Waals surface area contributed by atoms with E-state index in [0.29, 0.717) is 24.4 Å². The SMILES string of the molecule is Cc1ccc(F)cc1-c1ccc2c(c1)OCC[C@H]2CNc1cnccc1C(O)O. The summed E-state index contributed by atoms with van der Waals surface area (Å²) in [6.45, 7) is 3.16. The quantitative estimate of drug-likeness (QED) is 0.567. The summed E-state index contributed by atoms with van der Waals surface area (Å²) < 4.78 is 19.6. The van der Waals surface area contributed by atoms with Crippen LogP contribution in [0.25, 0.3) is 11.1 Å². The van der Waals surface area contributed by atoms with E-state index in [2.05, 4.69) is 10.3 Å². The minimum atomic E-state index is -1.56. The van der Waals surface area contributed by atoms with Gasteiger partial charge in [-0.05, 0) is 59.9 Å². The summed E-state index contributed by atoms with van der Waals surface area (Å²) in [5, 5.41) is 22.3. The topological polar surface area (TPSA) is 74.6 Å².